The molecule has 20 heavy (non-hydrogen) atoms. The SMILES string of the molecule is COCCCNc1cc(C(=O)N2CCOCC2)ncn1. The van der Waals surface area contributed by atoms with E-state index in [1.165, 1.54) is 6.33 Å². The van der Waals surface area contributed by atoms with E-state index in [0.29, 0.717) is 44.4 Å². The molecule has 1 saturated heterocycles. The Hall–Kier alpha value is -1.73. The molecule has 1 N–H and O–H groups in total. The van der Waals surface area contributed by atoms with E-state index in [-0.39, 0.29) is 5.91 Å². The number of nitrogens with zero attached hydrogens (tertiary/aromatic N) is 3. The maximum Gasteiger partial charge on any atom is 0.272 e. The quantitative estimate of drug-likeness (QED) is 0.760. The Morgan fingerprint density at radius 1 is 1.45 bits per heavy atom. The van der Waals surface area contributed by atoms with Crippen LogP contribution < -0.4 is 5.32 Å². The molecule has 0 bridgehead atoms. The molecule has 0 aliphatic carbocycles. The van der Waals surface area contributed by atoms with Gasteiger partial charge in [0.15, 0.2) is 0 Å². The highest BCUT2D eigenvalue weighted by Crippen LogP contribution is 2.08. The molecule has 110 valence electrons. The lowest BCUT2D eigenvalue weighted by molar-refractivity contribution is 0.0299. The summed E-state index contributed by atoms with van der Waals surface area (Å²) in [6.45, 7) is 3.82. The molecule has 0 unspecified atom stereocenters. The van der Waals surface area contributed by atoms with E-state index in [2.05, 4.69) is 15.3 Å². The average molecular weight is 280 g/mol. The number of anilines is 1. The van der Waals surface area contributed by atoms with Crippen LogP contribution in [0.15, 0.2) is 12.4 Å². The lowest BCUT2D eigenvalue weighted by atomic mass is 10.3. The van der Waals surface area contributed by atoms with Crippen LogP contribution in [0.25, 0.3) is 0 Å². The zero-order valence-electron chi connectivity index (χ0n) is 11.7. The third-order valence-electron chi connectivity index (χ3n) is 3.02. The van der Waals surface area contributed by atoms with E-state index in [4.69, 9.17) is 9.47 Å². The number of methoxy groups -OCH3 is 1. The molecule has 0 spiro atoms. The van der Waals surface area contributed by atoms with Gasteiger partial charge in [-0.1, -0.05) is 0 Å². The number of hydrogen-bond donors (Lipinski definition) is 1. The first-order valence-corrected chi connectivity index (χ1v) is 6.73. The van der Waals surface area contributed by atoms with Gasteiger partial charge in [-0.15, -0.1) is 0 Å². The number of hydrogen-bond acceptors (Lipinski definition) is 6. The second kappa shape index (κ2) is 7.76. The minimum absolute atomic E-state index is 0.0735. The van der Waals surface area contributed by atoms with Crippen LogP contribution in [0, 0.1) is 0 Å². The van der Waals surface area contributed by atoms with Crippen LogP contribution in [-0.2, 0) is 9.47 Å². The van der Waals surface area contributed by atoms with Crippen LogP contribution in [0.1, 0.15) is 16.9 Å². The van der Waals surface area contributed by atoms with Crippen LogP contribution in [-0.4, -0.2) is 67.3 Å². The van der Waals surface area contributed by atoms with Crippen molar-refractivity contribution in [2.75, 3.05) is 51.9 Å². The van der Waals surface area contributed by atoms with Crippen LogP contribution in [0.5, 0.6) is 0 Å². The Morgan fingerprint density at radius 3 is 3.00 bits per heavy atom. The first kappa shape index (κ1) is 14.7. The summed E-state index contributed by atoms with van der Waals surface area (Å²) < 4.78 is 10.2. The normalized spacial score (nSPS) is 15.2. The van der Waals surface area contributed by atoms with Gasteiger partial charge in [0.25, 0.3) is 5.91 Å². The first-order chi connectivity index (χ1) is 9.81. The minimum Gasteiger partial charge on any atom is -0.385 e. The summed E-state index contributed by atoms with van der Waals surface area (Å²) in [4.78, 5) is 22.2. The smallest absolute Gasteiger partial charge is 0.272 e. The third-order valence-corrected chi connectivity index (χ3v) is 3.02. The van der Waals surface area contributed by atoms with Crippen LogP contribution in [0.3, 0.4) is 0 Å². The fourth-order valence-electron chi connectivity index (χ4n) is 1.93. The Labute approximate surface area is 118 Å². The fourth-order valence-corrected chi connectivity index (χ4v) is 1.93. The molecule has 0 radical (unpaired) electrons. The van der Waals surface area contributed by atoms with Crippen molar-refractivity contribution in [3.63, 3.8) is 0 Å². The molecule has 1 amide bonds. The summed E-state index contributed by atoms with van der Waals surface area (Å²) >= 11 is 0. The monoisotopic (exact) mass is 280 g/mol. The Morgan fingerprint density at radius 2 is 2.25 bits per heavy atom. The van der Waals surface area contributed by atoms with Gasteiger partial charge in [0.05, 0.1) is 13.2 Å². The Balaban J connectivity index is 1.92. The highest BCUT2D eigenvalue weighted by molar-refractivity contribution is 5.92. The summed E-state index contributed by atoms with van der Waals surface area (Å²) in [5.74, 6) is 0.586. The van der Waals surface area contributed by atoms with Crippen LogP contribution in [0.4, 0.5) is 5.82 Å². The standard InChI is InChI=1S/C13H20N4O3/c1-19-6-2-3-14-12-9-11(15-10-16-12)13(18)17-4-7-20-8-5-17/h9-10H,2-8H2,1H3,(H,14,15,16). The number of carbonyl (C=O) groups excluding carboxylic acids is 1. The number of rotatable bonds is 6. The van der Waals surface area contributed by atoms with Gasteiger partial charge < -0.3 is 19.7 Å². The van der Waals surface area contributed by atoms with Gasteiger partial charge in [0.2, 0.25) is 0 Å². The molecule has 0 atom stereocenters. The molecule has 1 aliphatic heterocycles. The van der Waals surface area contributed by atoms with Crippen molar-refractivity contribution in [1.29, 1.82) is 0 Å². The number of morpholine rings is 1. The molecule has 2 rings (SSSR count). The van der Waals surface area contributed by atoms with Gasteiger partial charge in [-0.25, -0.2) is 9.97 Å². The van der Waals surface area contributed by atoms with Crippen molar-refractivity contribution in [3.05, 3.63) is 18.1 Å². The Kier molecular flexibility index (Phi) is 5.69. The minimum atomic E-state index is -0.0735. The summed E-state index contributed by atoms with van der Waals surface area (Å²) in [6, 6.07) is 1.69. The second-order valence-corrected chi connectivity index (χ2v) is 4.47. The lowest BCUT2D eigenvalue weighted by Gasteiger charge is -2.26. The van der Waals surface area contributed by atoms with Gasteiger partial charge in [-0.2, -0.15) is 0 Å². The summed E-state index contributed by atoms with van der Waals surface area (Å²) in [5, 5.41) is 3.15. The second-order valence-electron chi connectivity index (χ2n) is 4.47. The number of carbonyl (C=O) groups is 1. The Bertz CT molecular complexity index is 435. The number of nitrogens with one attached hydrogen (secondary N) is 1. The van der Waals surface area contributed by atoms with Gasteiger partial charge in [-0.3, -0.25) is 4.79 Å². The molecule has 1 aromatic rings. The lowest BCUT2D eigenvalue weighted by Crippen LogP contribution is -2.41. The highest BCUT2D eigenvalue weighted by atomic mass is 16.5. The predicted molar refractivity (Wildman–Crippen MR) is 73.7 cm³/mol. The van der Waals surface area contributed by atoms with E-state index in [1.54, 1.807) is 18.1 Å². The van der Waals surface area contributed by atoms with Gasteiger partial charge in [-0.05, 0) is 6.42 Å². The largest absolute Gasteiger partial charge is 0.385 e. The van der Waals surface area contributed by atoms with Gasteiger partial charge >= 0.3 is 0 Å². The van der Waals surface area contributed by atoms with Crippen molar-refractivity contribution < 1.29 is 14.3 Å². The van der Waals surface area contributed by atoms with Crippen LogP contribution in [0.2, 0.25) is 0 Å². The van der Waals surface area contributed by atoms with E-state index in [1.807, 2.05) is 0 Å². The molecule has 7 nitrogen and oxygen atoms in total. The first-order valence-electron chi connectivity index (χ1n) is 6.73. The molecule has 1 fully saturated rings. The number of amides is 1. The molecule has 2 heterocycles. The van der Waals surface area contributed by atoms with Crippen molar-refractivity contribution in [3.8, 4) is 0 Å². The van der Waals surface area contributed by atoms with E-state index >= 15 is 0 Å². The zero-order valence-corrected chi connectivity index (χ0v) is 11.7. The average Bonchev–Trinajstić information content (AvgIpc) is 2.52. The molecule has 1 aliphatic rings. The zero-order chi connectivity index (χ0) is 14.2. The van der Waals surface area contributed by atoms with E-state index in [9.17, 15) is 4.79 Å². The molecule has 1 aromatic heterocycles. The van der Waals surface area contributed by atoms with Crippen molar-refractivity contribution in [2.24, 2.45) is 0 Å². The van der Waals surface area contributed by atoms with E-state index < -0.39 is 0 Å². The van der Waals surface area contributed by atoms with Crippen molar-refractivity contribution in [1.82, 2.24) is 14.9 Å². The maximum atomic E-state index is 12.3. The van der Waals surface area contributed by atoms with Gasteiger partial charge in [0, 0.05) is 39.4 Å². The van der Waals surface area contributed by atoms with Crippen LogP contribution >= 0.6 is 0 Å². The highest BCUT2D eigenvalue weighted by Gasteiger charge is 2.19. The summed E-state index contributed by atoms with van der Waals surface area (Å²) in [5.41, 5.74) is 0.413. The third kappa shape index (κ3) is 4.14. The number of aromatic nitrogens is 2. The van der Waals surface area contributed by atoms with Crippen molar-refractivity contribution in [2.45, 2.75) is 6.42 Å². The van der Waals surface area contributed by atoms with Crippen molar-refractivity contribution >= 4 is 11.7 Å². The molecular formula is C13H20N4O3. The number of ether oxygens (including phenoxy) is 2. The fraction of sp³-hybridized carbons (Fsp3) is 0.615. The summed E-state index contributed by atoms with van der Waals surface area (Å²) in [7, 11) is 1.67. The molecule has 0 saturated carbocycles. The topological polar surface area (TPSA) is 76.6 Å². The molecule has 0 aromatic carbocycles. The van der Waals surface area contributed by atoms with E-state index in [0.717, 1.165) is 13.0 Å². The molecular weight excluding hydrogens is 260 g/mol. The predicted octanol–water partition coefficient (Wildman–Crippen LogP) is 0.397. The summed E-state index contributed by atoms with van der Waals surface area (Å²) in [6.07, 6.45) is 2.29. The molecule has 7 heteroatoms. The maximum absolute atomic E-state index is 12.3. The van der Waals surface area contributed by atoms with Gasteiger partial charge in [0.1, 0.15) is 17.8 Å².